The Kier molecular flexibility index (Phi) is 4.11. The van der Waals surface area contributed by atoms with Crippen molar-refractivity contribution in [3.63, 3.8) is 0 Å². The summed E-state index contributed by atoms with van der Waals surface area (Å²) < 4.78 is 0. The molecule has 1 saturated carbocycles. The van der Waals surface area contributed by atoms with Crippen LogP contribution < -0.4 is 10.6 Å². The minimum Gasteiger partial charge on any atom is -0.373 e. The molecule has 0 saturated heterocycles. The van der Waals surface area contributed by atoms with E-state index in [1.165, 1.54) is 12.5 Å². The molecule has 0 spiro atoms. The molecule has 6 heteroatoms. The molecule has 1 heterocycles. The Balaban J connectivity index is 2.20. The van der Waals surface area contributed by atoms with E-state index in [-0.39, 0.29) is 22.1 Å². The zero-order chi connectivity index (χ0) is 14.8. The lowest BCUT2D eigenvalue weighted by Crippen LogP contribution is -2.32. The van der Waals surface area contributed by atoms with Crippen LogP contribution in [-0.2, 0) is 0 Å². The molecule has 6 nitrogen and oxygen atoms in total. The highest BCUT2D eigenvalue weighted by Gasteiger charge is 2.29. The largest absolute Gasteiger partial charge is 0.373 e. The molecule has 1 aliphatic carbocycles. The predicted molar refractivity (Wildman–Crippen MR) is 80.1 cm³/mol. The third-order valence-electron chi connectivity index (χ3n) is 3.87. The fraction of sp³-hybridized carbons (Fsp3) is 0.643. The summed E-state index contributed by atoms with van der Waals surface area (Å²) in [5.74, 6) is 0.998. The van der Waals surface area contributed by atoms with E-state index in [2.05, 4.69) is 29.5 Å². The van der Waals surface area contributed by atoms with Crippen LogP contribution in [-0.4, -0.2) is 23.0 Å². The van der Waals surface area contributed by atoms with Crippen LogP contribution in [0.5, 0.6) is 0 Å². The Morgan fingerprint density at radius 1 is 1.45 bits per heavy atom. The summed E-state index contributed by atoms with van der Waals surface area (Å²) in [5, 5.41) is 17.3. The van der Waals surface area contributed by atoms with Crippen molar-refractivity contribution in [1.29, 1.82) is 0 Å². The molecule has 1 aromatic heterocycles. The maximum Gasteiger partial charge on any atom is 0.311 e. The number of rotatable bonds is 4. The second-order valence-corrected chi connectivity index (χ2v) is 6.17. The molecule has 1 fully saturated rings. The molecule has 1 atom stereocenters. The second-order valence-electron chi connectivity index (χ2n) is 6.17. The van der Waals surface area contributed by atoms with Gasteiger partial charge in [-0.05, 0) is 30.7 Å². The fourth-order valence-corrected chi connectivity index (χ4v) is 2.86. The van der Waals surface area contributed by atoms with Crippen LogP contribution in [0.2, 0.25) is 0 Å². The van der Waals surface area contributed by atoms with Crippen LogP contribution in [0.1, 0.15) is 39.5 Å². The Morgan fingerprint density at radius 2 is 2.20 bits per heavy atom. The number of nitrogens with one attached hydrogen (secondary N) is 2. The van der Waals surface area contributed by atoms with Gasteiger partial charge < -0.3 is 10.6 Å². The summed E-state index contributed by atoms with van der Waals surface area (Å²) in [6.07, 6.45) is 4.39. The summed E-state index contributed by atoms with van der Waals surface area (Å²) in [7, 11) is 1.75. The maximum atomic E-state index is 11.1. The molecular weight excluding hydrogens is 256 g/mol. The molecule has 0 bridgehead atoms. The number of nitrogens with zero attached hydrogens (tertiary/aromatic N) is 2. The molecule has 1 aliphatic rings. The molecule has 0 aliphatic heterocycles. The van der Waals surface area contributed by atoms with Gasteiger partial charge in [0.25, 0.3) is 0 Å². The van der Waals surface area contributed by atoms with Crippen molar-refractivity contribution in [3.05, 3.63) is 22.2 Å². The smallest absolute Gasteiger partial charge is 0.311 e. The van der Waals surface area contributed by atoms with Gasteiger partial charge in [-0.1, -0.05) is 20.3 Å². The molecule has 0 radical (unpaired) electrons. The van der Waals surface area contributed by atoms with E-state index in [0.717, 1.165) is 19.3 Å². The zero-order valence-corrected chi connectivity index (χ0v) is 12.3. The van der Waals surface area contributed by atoms with Gasteiger partial charge in [-0.2, -0.15) is 0 Å². The van der Waals surface area contributed by atoms with Gasteiger partial charge in [0, 0.05) is 19.2 Å². The highest BCUT2D eigenvalue weighted by molar-refractivity contribution is 5.60. The third kappa shape index (κ3) is 3.37. The van der Waals surface area contributed by atoms with Crippen LogP contribution in [0.3, 0.4) is 0 Å². The summed E-state index contributed by atoms with van der Waals surface area (Å²) in [4.78, 5) is 15.0. The molecule has 2 N–H and O–H groups in total. The van der Waals surface area contributed by atoms with E-state index in [1.54, 1.807) is 13.1 Å². The molecule has 0 aromatic carbocycles. The van der Waals surface area contributed by atoms with Crippen molar-refractivity contribution in [2.24, 2.45) is 5.41 Å². The lowest BCUT2D eigenvalue weighted by atomic mass is 9.75. The van der Waals surface area contributed by atoms with Gasteiger partial charge in [0.1, 0.15) is 5.82 Å². The molecule has 2 rings (SSSR count). The normalized spacial score (nSPS) is 21.2. The summed E-state index contributed by atoms with van der Waals surface area (Å²) in [6, 6.07) is 3.36. The number of aromatic nitrogens is 1. The quantitative estimate of drug-likeness (QED) is 0.651. The first-order chi connectivity index (χ1) is 9.41. The molecular formula is C14H22N4O2. The zero-order valence-electron chi connectivity index (χ0n) is 12.3. The van der Waals surface area contributed by atoms with Crippen LogP contribution in [0.15, 0.2) is 12.1 Å². The van der Waals surface area contributed by atoms with E-state index in [9.17, 15) is 10.1 Å². The number of anilines is 2. The number of hydrogen-bond acceptors (Lipinski definition) is 5. The van der Waals surface area contributed by atoms with Crippen LogP contribution in [0.4, 0.5) is 17.3 Å². The Bertz CT molecular complexity index is 502. The lowest BCUT2D eigenvalue weighted by Gasteiger charge is -2.35. The van der Waals surface area contributed by atoms with E-state index in [4.69, 9.17) is 0 Å². The van der Waals surface area contributed by atoms with Crippen molar-refractivity contribution in [2.75, 3.05) is 17.7 Å². The number of hydrogen-bond donors (Lipinski definition) is 2. The molecule has 1 aromatic rings. The molecule has 1 unspecified atom stereocenters. The van der Waals surface area contributed by atoms with E-state index in [1.807, 2.05) is 0 Å². The lowest BCUT2D eigenvalue weighted by molar-refractivity contribution is -0.384. The first kappa shape index (κ1) is 14.6. The van der Waals surface area contributed by atoms with E-state index in [0.29, 0.717) is 11.6 Å². The van der Waals surface area contributed by atoms with Gasteiger partial charge in [0.2, 0.25) is 5.82 Å². The maximum absolute atomic E-state index is 11.1. The molecule has 0 amide bonds. The van der Waals surface area contributed by atoms with E-state index < -0.39 is 0 Å². The Hall–Kier alpha value is -1.85. The highest BCUT2D eigenvalue weighted by Crippen LogP contribution is 2.37. The summed E-state index contributed by atoms with van der Waals surface area (Å²) >= 11 is 0. The highest BCUT2D eigenvalue weighted by atomic mass is 16.6. The van der Waals surface area contributed by atoms with Crippen LogP contribution >= 0.6 is 0 Å². The Labute approximate surface area is 119 Å². The predicted octanol–water partition coefficient (Wildman–Crippen LogP) is 3.41. The second kappa shape index (κ2) is 5.64. The SMILES string of the molecule is CNc1ccc([N+](=O)[O-])c(NC2CCCC(C)(C)C2)n1. The fourth-order valence-electron chi connectivity index (χ4n) is 2.86. The van der Waals surface area contributed by atoms with Gasteiger partial charge in [-0.3, -0.25) is 10.1 Å². The van der Waals surface area contributed by atoms with Gasteiger partial charge in [-0.15, -0.1) is 0 Å². The summed E-state index contributed by atoms with van der Waals surface area (Å²) in [5.41, 5.74) is 0.318. The monoisotopic (exact) mass is 278 g/mol. The molecule has 110 valence electrons. The minimum absolute atomic E-state index is 0.0346. The van der Waals surface area contributed by atoms with Gasteiger partial charge in [0.05, 0.1) is 4.92 Å². The minimum atomic E-state index is -0.386. The average molecular weight is 278 g/mol. The van der Waals surface area contributed by atoms with Gasteiger partial charge in [-0.25, -0.2) is 4.98 Å². The number of nitro groups is 1. The first-order valence-corrected chi connectivity index (χ1v) is 7.01. The van der Waals surface area contributed by atoms with Crippen molar-refractivity contribution in [2.45, 2.75) is 45.6 Å². The van der Waals surface area contributed by atoms with Crippen molar-refractivity contribution in [3.8, 4) is 0 Å². The first-order valence-electron chi connectivity index (χ1n) is 7.01. The number of pyridine rings is 1. The molecule has 20 heavy (non-hydrogen) atoms. The van der Waals surface area contributed by atoms with Gasteiger partial charge >= 0.3 is 5.69 Å². The third-order valence-corrected chi connectivity index (χ3v) is 3.87. The van der Waals surface area contributed by atoms with Crippen LogP contribution in [0, 0.1) is 15.5 Å². The van der Waals surface area contributed by atoms with Crippen LogP contribution in [0.25, 0.3) is 0 Å². The standard InChI is InChI=1S/C14H22N4O2/c1-14(2)8-4-5-10(9-14)16-13-11(18(19)20)6-7-12(15-3)17-13/h6-7,10H,4-5,8-9H2,1-3H3,(H2,15,16,17). The van der Waals surface area contributed by atoms with Gasteiger partial charge in [0.15, 0.2) is 0 Å². The van der Waals surface area contributed by atoms with Crippen molar-refractivity contribution in [1.82, 2.24) is 4.98 Å². The topological polar surface area (TPSA) is 80.1 Å². The van der Waals surface area contributed by atoms with Crippen molar-refractivity contribution < 1.29 is 4.92 Å². The van der Waals surface area contributed by atoms with E-state index >= 15 is 0 Å². The Morgan fingerprint density at radius 3 is 2.80 bits per heavy atom. The average Bonchev–Trinajstić information content (AvgIpc) is 2.37. The van der Waals surface area contributed by atoms with Crippen molar-refractivity contribution >= 4 is 17.3 Å². The summed E-state index contributed by atoms with van der Waals surface area (Å²) in [6.45, 7) is 4.49.